The quantitative estimate of drug-likeness (QED) is 0.0691. The molecule has 1 fully saturated rings. The van der Waals surface area contributed by atoms with Crippen molar-refractivity contribution in [3.8, 4) is 0 Å². The average Bonchev–Trinajstić information content (AvgIpc) is 3.22. The van der Waals surface area contributed by atoms with Crippen LogP contribution in [0.1, 0.15) is 67.6 Å². The van der Waals surface area contributed by atoms with E-state index < -0.39 is 64.8 Å². The van der Waals surface area contributed by atoms with Crippen molar-refractivity contribution < 1.29 is 43.3 Å². The molecule has 2 aliphatic heterocycles. The van der Waals surface area contributed by atoms with Gasteiger partial charge in [0.1, 0.15) is 23.2 Å². The summed E-state index contributed by atoms with van der Waals surface area (Å²) in [6.45, 7) is 3.43. The third-order valence-electron chi connectivity index (χ3n) is 9.38. The summed E-state index contributed by atoms with van der Waals surface area (Å²) in [5.41, 5.74) is 2.64. The summed E-state index contributed by atoms with van der Waals surface area (Å²) in [5.74, 6) is -2.91. The molecule has 0 saturated carbocycles. The minimum absolute atomic E-state index is 0.0396. The number of fused-ring (bicyclic) bond motifs is 1. The molecule has 4 atom stereocenters. The van der Waals surface area contributed by atoms with Crippen LogP contribution in [0.3, 0.4) is 0 Å². The Morgan fingerprint density at radius 2 is 1.25 bits per heavy atom. The number of nitrogens with zero attached hydrogens (tertiary/aromatic N) is 1. The van der Waals surface area contributed by atoms with Gasteiger partial charge in [0.15, 0.2) is 17.9 Å². The molecule has 4 aromatic carbocycles. The molecule has 3 unspecified atom stereocenters. The second kappa shape index (κ2) is 18.5. The van der Waals surface area contributed by atoms with Crippen LogP contribution in [0, 0.1) is 0 Å². The van der Waals surface area contributed by atoms with Crippen LogP contribution in [-0.4, -0.2) is 69.2 Å². The van der Waals surface area contributed by atoms with Gasteiger partial charge in [-0.2, -0.15) is 0 Å². The molecule has 13 heteroatoms. The molecular weight excluding hydrogens is 735 g/mol. The zero-order valence-corrected chi connectivity index (χ0v) is 31.7. The van der Waals surface area contributed by atoms with Crippen molar-refractivity contribution in [3.05, 3.63) is 155 Å². The van der Waals surface area contributed by atoms with Crippen molar-refractivity contribution in [2.75, 3.05) is 6.61 Å². The molecule has 0 spiro atoms. The fraction of sp³-hybridized carbons (Fsp3) is 0.279. The topological polar surface area (TPSA) is 161 Å². The summed E-state index contributed by atoms with van der Waals surface area (Å²) < 4.78 is 17.0. The highest BCUT2D eigenvalue weighted by molar-refractivity contribution is 8.00. The first kappa shape index (κ1) is 39.6. The van der Waals surface area contributed by atoms with Gasteiger partial charge in [-0.05, 0) is 48.9 Å². The Hall–Kier alpha value is -6.08. The van der Waals surface area contributed by atoms with Crippen molar-refractivity contribution in [2.24, 2.45) is 0 Å². The lowest BCUT2D eigenvalue weighted by Gasteiger charge is -2.50. The van der Waals surface area contributed by atoms with Crippen LogP contribution in [0.15, 0.2) is 133 Å². The highest BCUT2D eigenvalue weighted by atomic mass is 32.2. The molecule has 3 N–H and O–H groups in total. The second-order valence-electron chi connectivity index (χ2n) is 13.2. The fourth-order valence-electron chi connectivity index (χ4n) is 6.57. The van der Waals surface area contributed by atoms with E-state index in [1.165, 1.54) is 16.7 Å². The summed E-state index contributed by atoms with van der Waals surface area (Å²) >= 11 is 1.23. The predicted molar refractivity (Wildman–Crippen MR) is 209 cm³/mol. The van der Waals surface area contributed by atoms with Gasteiger partial charge >= 0.3 is 18.0 Å². The molecule has 290 valence electrons. The Labute approximate surface area is 329 Å². The number of carbonyl (C=O) groups is 5. The van der Waals surface area contributed by atoms with E-state index in [1.807, 2.05) is 121 Å². The van der Waals surface area contributed by atoms with Gasteiger partial charge in [-0.1, -0.05) is 121 Å². The van der Waals surface area contributed by atoms with Gasteiger partial charge in [-0.3, -0.25) is 14.5 Å². The van der Waals surface area contributed by atoms with Gasteiger partial charge in [-0.25, -0.2) is 14.4 Å². The Balaban J connectivity index is 1.09. The smallest absolute Gasteiger partial charge is 0.407 e. The van der Waals surface area contributed by atoms with E-state index in [9.17, 15) is 29.1 Å². The maximum absolute atomic E-state index is 13.8. The second-order valence-corrected chi connectivity index (χ2v) is 14.7. The molecule has 56 heavy (non-hydrogen) atoms. The molecule has 1 saturated heterocycles. The van der Waals surface area contributed by atoms with Gasteiger partial charge < -0.3 is 30.0 Å². The van der Waals surface area contributed by atoms with Gasteiger partial charge in [0, 0.05) is 6.42 Å². The molecular formula is C43H43N3O9S. The first-order chi connectivity index (χ1) is 27.2. The number of aliphatic hydroxyl groups is 1. The van der Waals surface area contributed by atoms with Crippen LogP contribution in [0.4, 0.5) is 4.79 Å². The van der Waals surface area contributed by atoms with Crippen LogP contribution in [-0.2, 0) is 33.4 Å². The van der Waals surface area contributed by atoms with Gasteiger partial charge in [-0.15, -0.1) is 11.8 Å². The largest absolute Gasteiger partial charge is 0.509 e. The average molecular weight is 778 g/mol. The van der Waals surface area contributed by atoms with Crippen LogP contribution in [0.25, 0.3) is 0 Å². The number of β-lactam (4-membered cyclic amide) rings is 1. The lowest BCUT2D eigenvalue weighted by molar-refractivity contribution is -0.155. The van der Waals surface area contributed by atoms with E-state index in [4.69, 9.17) is 14.2 Å². The normalized spacial score (nSPS) is 18.0. The molecule has 0 aromatic heterocycles. The summed E-state index contributed by atoms with van der Waals surface area (Å²) in [5, 5.41) is 15.1. The van der Waals surface area contributed by atoms with Gasteiger partial charge in [0.2, 0.25) is 5.91 Å². The van der Waals surface area contributed by atoms with Crippen molar-refractivity contribution in [3.63, 3.8) is 0 Å². The number of esters is 2. The Morgan fingerprint density at radius 1 is 0.768 bits per heavy atom. The number of benzene rings is 4. The molecule has 12 nitrogen and oxygen atoms in total. The highest BCUT2D eigenvalue weighted by Crippen LogP contribution is 2.44. The standard InChI is InChI=1S/C43H43N3O9S/c1-3-53-43(52)44-32(41(50)54-37(28-17-8-4-9-18-28)29-19-10-5-11-20-29)25-16-26-33(47)45-34-39(49)46-35(36(48)27(2)56-40(34)46)42(51)55-38(30-21-12-6-13-22-30)31-23-14-7-15-24-31/h4-15,17-24,27,32,34,37-38,40,48H,3,16,25-26H2,1-2H3,(H,44,52)(H,45,47)/t27?,32?,34?,40-/m1/s1. The van der Waals surface area contributed by atoms with Crippen molar-refractivity contribution in [1.29, 1.82) is 0 Å². The molecule has 0 aliphatic carbocycles. The van der Waals surface area contributed by atoms with E-state index in [2.05, 4.69) is 10.6 Å². The number of aliphatic hydroxyl groups excluding tert-OH is 1. The Kier molecular flexibility index (Phi) is 13.1. The number of amides is 3. The van der Waals surface area contributed by atoms with E-state index in [0.717, 1.165) is 11.1 Å². The maximum Gasteiger partial charge on any atom is 0.407 e. The third-order valence-corrected chi connectivity index (χ3v) is 10.8. The van der Waals surface area contributed by atoms with Crippen LogP contribution >= 0.6 is 11.8 Å². The monoisotopic (exact) mass is 777 g/mol. The van der Waals surface area contributed by atoms with Gasteiger partial charge in [0.25, 0.3) is 5.91 Å². The maximum atomic E-state index is 13.8. The lowest BCUT2D eigenvalue weighted by Crippen LogP contribution is -2.71. The van der Waals surface area contributed by atoms with Crippen LogP contribution in [0.5, 0.6) is 0 Å². The minimum Gasteiger partial charge on any atom is -0.509 e. The van der Waals surface area contributed by atoms with E-state index in [-0.39, 0.29) is 37.3 Å². The molecule has 0 radical (unpaired) electrons. The molecule has 2 aliphatic rings. The first-order valence-corrected chi connectivity index (χ1v) is 19.4. The molecule has 4 aromatic rings. The number of ether oxygens (including phenoxy) is 3. The van der Waals surface area contributed by atoms with E-state index in [0.29, 0.717) is 11.1 Å². The molecule has 2 heterocycles. The van der Waals surface area contributed by atoms with Crippen molar-refractivity contribution in [2.45, 2.75) is 68.0 Å². The van der Waals surface area contributed by atoms with Crippen molar-refractivity contribution >= 4 is 41.6 Å². The molecule has 6 rings (SSSR count). The number of alkyl carbamates (subject to hydrolysis) is 1. The summed E-state index contributed by atoms with van der Waals surface area (Å²) in [4.78, 5) is 67.8. The van der Waals surface area contributed by atoms with Crippen molar-refractivity contribution in [1.82, 2.24) is 15.5 Å². The first-order valence-electron chi connectivity index (χ1n) is 18.4. The summed E-state index contributed by atoms with van der Waals surface area (Å²) in [7, 11) is 0. The predicted octanol–water partition coefficient (Wildman–Crippen LogP) is 6.50. The van der Waals surface area contributed by atoms with Crippen LogP contribution < -0.4 is 10.6 Å². The number of rotatable bonds is 15. The number of hydrogen-bond acceptors (Lipinski definition) is 10. The molecule has 0 bridgehead atoms. The molecule has 3 amide bonds. The summed E-state index contributed by atoms with van der Waals surface area (Å²) in [6, 6.07) is 34.6. The van der Waals surface area contributed by atoms with E-state index >= 15 is 0 Å². The summed E-state index contributed by atoms with van der Waals surface area (Å²) in [6.07, 6.45) is -2.25. The minimum atomic E-state index is -1.13. The lowest BCUT2D eigenvalue weighted by atomic mass is 10.0. The van der Waals surface area contributed by atoms with E-state index in [1.54, 1.807) is 13.8 Å². The number of nitrogens with one attached hydrogen (secondary N) is 2. The zero-order chi connectivity index (χ0) is 39.6. The third kappa shape index (κ3) is 9.23. The zero-order valence-electron chi connectivity index (χ0n) is 30.9. The number of carbonyl (C=O) groups excluding carboxylic acids is 5. The fourth-order valence-corrected chi connectivity index (χ4v) is 7.90. The van der Waals surface area contributed by atoms with Gasteiger partial charge in [0.05, 0.1) is 11.9 Å². The van der Waals surface area contributed by atoms with Crippen LogP contribution in [0.2, 0.25) is 0 Å². The number of hydrogen-bond donors (Lipinski definition) is 3. The SMILES string of the molecule is CCOC(=O)NC(CCCC(=O)NC1C(=O)N2C(C(=O)OC(c3ccccc3)c3ccccc3)=C(O)C(C)S[C@H]12)C(=O)OC(c1ccccc1)c1ccccc1. The Morgan fingerprint density at radius 3 is 1.73 bits per heavy atom. The Bertz CT molecular complexity index is 1950. The highest BCUT2D eigenvalue weighted by Gasteiger charge is 2.56. The number of thioether (sulfide) groups is 1.